The molecule has 0 bridgehead atoms. The Labute approximate surface area is 143 Å². The Morgan fingerprint density at radius 3 is 2.61 bits per heavy atom. The molecular weight excluding hydrogens is 308 g/mol. The highest BCUT2D eigenvalue weighted by atomic mass is 35.5. The maximum absolute atomic E-state index is 12.0. The molecule has 23 heavy (non-hydrogen) atoms. The van der Waals surface area contributed by atoms with E-state index in [0.717, 1.165) is 24.9 Å². The van der Waals surface area contributed by atoms with Crippen LogP contribution in [0.4, 0.5) is 0 Å². The SMILES string of the molecule is Cc1cccc(-c2cccc(CNC(=O)C3CCCN3)c2)c1.Cl. The maximum atomic E-state index is 12.0. The van der Waals surface area contributed by atoms with Gasteiger partial charge in [0.15, 0.2) is 0 Å². The Kier molecular flexibility index (Phi) is 6.20. The van der Waals surface area contributed by atoms with E-state index in [1.165, 1.54) is 16.7 Å². The average Bonchev–Trinajstić information content (AvgIpc) is 3.07. The Bertz CT molecular complexity index is 666. The van der Waals surface area contributed by atoms with Crippen molar-refractivity contribution in [1.82, 2.24) is 10.6 Å². The number of aryl methyl sites for hydroxylation is 1. The van der Waals surface area contributed by atoms with Gasteiger partial charge in [-0.1, -0.05) is 48.0 Å². The highest BCUT2D eigenvalue weighted by molar-refractivity contribution is 5.85. The highest BCUT2D eigenvalue weighted by Gasteiger charge is 2.21. The third-order valence-electron chi connectivity index (χ3n) is 4.12. The number of hydrogen-bond donors (Lipinski definition) is 2. The van der Waals surface area contributed by atoms with Crippen LogP contribution in [0.5, 0.6) is 0 Å². The molecule has 3 rings (SSSR count). The molecule has 1 saturated heterocycles. The van der Waals surface area contributed by atoms with Gasteiger partial charge in [0.05, 0.1) is 6.04 Å². The molecule has 1 aliphatic rings. The van der Waals surface area contributed by atoms with E-state index in [4.69, 9.17) is 0 Å². The highest BCUT2D eigenvalue weighted by Crippen LogP contribution is 2.21. The fourth-order valence-electron chi connectivity index (χ4n) is 2.91. The molecule has 2 aromatic rings. The number of halogens is 1. The number of hydrogen-bond acceptors (Lipinski definition) is 2. The number of benzene rings is 2. The predicted molar refractivity (Wildman–Crippen MR) is 96.7 cm³/mol. The molecule has 122 valence electrons. The van der Waals surface area contributed by atoms with Crippen LogP contribution >= 0.6 is 12.4 Å². The summed E-state index contributed by atoms with van der Waals surface area (Å²) in [5.41, 5.74) is 4.79. The van der Waals surface area contributed by atoms with Crippen molar-refractivity contribution in [2.75, 3.05) is 6.54 Å². The molecule has 2 N–H and O–H groups in total. The Hall–Kier alpha value is -1.84. The summed E-state index contributed by atoms with van der Waals surface area (Å²) in [7, 11) is 0. The van der Waals surface area contributed by atoms with Gasteiger partial charge in [-0.3, -0.25) is 4.79 Å². The van der Waals surface area contributed by atoms with Gasteiger partial charge in [-0.25, -0.2) is 0 Å². The van der Waals surface area contributed by atoms with E-state index < -0.39 is 0 Å². The van der Waals surface area contributed by atoms with E-state index in [9.17, 15) is 4.79 Å². The molecule has 0 saturated carbocycles. The Morgan fingerprint density at radius 2 is 1.91 bits per heavy atom. The van der Waals surface area contributed by atoms with Gasteiger partial charge < -0.3 is 10.6 Å². The van der Waals surface area contributed by atoms with Crippen LogP contribution in [-0.4, -0.2) is 18.5 Å². The summed E-state index contributed by atoms with van der Waals surface area (Å²) in [4.78, 5) is 12.0. The lowest BCUT2D eigenvalue weighted by atomic mass is 10.0. The summed E-state index contributed by atoms with van der Waals surface area (Å²) in [5, 5.41) is 6.25. The minimum absolute atomic E-state index is 0. The third kappa shape index (κ3) is 4.57. The van der Waals surface area contributed by atoms with Crippen LogP contribution in [0, 0.1) is 6.92 Å². The van der Waals surface area contributed by atoms with Crippen LogP contribution in [0.25, 0.3) is 11.1 Å². The second-order valence-electron chi connectivity index (χ2n) is 5.94. The zero-order valence-electron chi connectivity index (χ0n) is 13.3. The average molecular weight is 331 g/mol. The molecule has 4 heteroatoms. The summed E-state index contributed by atoms with van der Waals surface area (Å²) < 4.78 is 0. The van der Waals surface area contributed by atoms with Gasteiger partial charge in [-0.15, -0.1) is 12.4 Å². The normalized spacial score (nSPS) is 16.7. The summed E-state index contributed by atoms with van der Waals surface area (Å²) in [6.45, 7) is 3.62. The van der Waals surface area contributed by atoms with E-state index in [0.29, 0.717) is 6.54 Å². The molecule has 1 heterocycles. The molecule has 0 aromatic heterocycles. The first kappa shape index (κ1) is 17.5. The van der Waals surface area contributed by atoms with Crippen molar-refractivity contribution < 1.29 is 4.79 Å². The van der Waals surface area contributed by atoms with Crippen LogP contribution in [-0.2, 0) is 11.3 Å². The quantitative estimate of drug-likeness (QED) is 0.901. The molecule has 0 aliphatic carbocycles. The fraction of sp³-hybridized carbons (Fsp3) is 0.316. The first-order valence-corrected chi connectivity index (χ1v) is 7.89. The molecule has 0 radical (unpaired) electrons. The van der Waals surface area contributed by atoms with Crippen LogP contribution in [0.2, 0.25) is 0 Å². The summed E-state index contributed by atoms with van der Waals surface area (Å²) in [6, 6.07) is 16.8. The monoisotopic (exact) mass is 330 g/mol. The second-order valence-corrected chi connectivity index (χ2v) is 5.94. The number of rotatable bonds is 4. The smallest absolute Gasteiger partial charge is 0.237 e. The zero-order valence-corrected chi connectivity index (χ0v) is 14.2. The number of amides is 1. The van der Waals surface area contributed by atoms with Gasteiger partial charge in [0, 0.05) is 6.54 Å². The first-order chi connectivity index (χ1) is 10.7. The van der Waals surface area contributed by atoms with Gasteiger partial charge in [-0.2, -0.15) is 0 Å². The molecule has 1 amide bonds. The third-order valence-corrected chi connectivity index (χ3v) is 4.12. The van der Waals surface area contributed by atoms with E-state index in [1.807, 2.05) is 6.07 Å². The van der Waals surface area contributed by atoms with Crippen LogP contribution < -0.4 is 10.6 Å². The largest absolute Gasteiger partial charge is 0.351 e. The van der Waals surface area contributed by atoms with Crippen molar-refractivity contribution in [3.8, 4) is 11.1 Å². The lowest BCUT2D eigenvalue weighted by molar-refractivity contribution is -0.122. The van der Waals surface area contributed by atoms with Gasteiger partial charge in [0.1, 0.15) is 0 Å². The molecule has 1 unspecified atom stereocenters. The van der Waals surface area contributed by atoms with Crippen molar-refractivity contribution in [2.45, 2.75) is 32.4 Å². The minimum atomic E-state index is -0.0139. The molecule has 3 nitrogen and oxygen atoms in total. The molecule has 1 aliphatic heterocycles. The number of carbonyl (C=O) groups is 1. The van der Waals surface area contributed by atoms with Crippen LogP contribution in [0.3, 0.4) is 0 Å². The molecular formula is C19H23ClN2O. The standard InChI is InChI=1S/C19H22N2O.ClH/c1-14-5-2-7-16(11-14)17-8-3-6-15(12-17)13-21-19(22)18-9-4-10-20-18;/h2-3,5-8,11-12,18,20H,4,9-10,13H2,1H3,(H,21,22);1H. The molecule has 2 aromatic carbocycles. The van der Waals surface area contributed by atoms with Crippen molar-refractivity contribution >= 4 is 18.3 Å². The zero-order chi connectivity index (χ0) is 15.4. The van der Waals surface area contributed by atoms with Crippen LogP contribution in [0.1, 0.15) is 24.0 Å². The Balaban J connectivity index is 0.00000192. The molecule has 1 atom stereocenters. The first-order valence-electron chi connectivity index (χ1n) is 7.89. The minimum Gasteiger partial charge on any atom is -0.351 e. The second kappa shape index (κ2) is 8.14. The van der Waals surface area contributed by atoms with E-state index in [2.05, 4.69) is 60.0 Å². The van der Waals surface area contributed by atoms with Crippen molar-refractivity contribution in [3.05, 3.63) is 59.7 Å². The predicted octanol–water partition coefficient (Wildman–Crippen LogP) is 3.45. The summed E-state index contributed by atoms with van der Waals surface area (Å²) in [5.74, 6) is 0.110. The lowest BCUT2D eigenvalue weighted by Gasteiger charge is -2.12. The van der Waals surface area contributed by atoms with Gasteiger partial charge >= 0.3 is 0 Å². The van der Waals surface area contributed by atoms with Gasteiger partial charge in [0.2, 0.25) is 5.91 Å². The van der Waals surface area contributed by atoms with Gasteiger partial charge in [0.25, 0.3) is 0 Å². The molecule has 0 spiro atoms. The Morgan fingerprint density at radius 1 is 1.17 bits per heavy atom. The van der Waals surface area contributed by atoms with E-state index in [1.54, 1.807) is 0 Å². The number of carbonyl (C=O) groups excluding carboxylic acids is 1. The van der Waals surface area contributed by atoms with Crippen molar-refractivity contribution in [2.24, 2.45) is 0 Å². The van der Waals surface area contributed by atoms with Crippen molar-refractivity contribution in [1.29, 1.82) is 0 Å². The van der Waals surface area contributed by atoms with E-state index in [-0.39, 0.29) is 24.4 Å². The van der Waals surface area contributed by atoms with Crippen LogP contribution in [0.15, 0.2) is 48.5 Å². The summed E-state index contributed by atoms with van der Waals surface area (Å²) in [6.07, 6.45) is 2.02. The maximum Gasteiger partial charge on any atom is 0.237 e. The van der Waals surface area contributed by atoms with Crippen molar-refractivity contribution in [3.63, 3.8) is 0 Å². The summed E-state index contributed by atoms with van der Waals surface area (Å²) >= 11 is 0. The lowest BCUT2D eigenvalue weighted by Crippen LogP contribution is -2.39. The van der Waals surface area contributed by atoms with Gasteiger partial charge in [-0.05, 0) is 49.1 Å². The molecule has 1 fully saturated rings. The fourth-order valence-corrected chi connectivity index (χ4v) is 2.91. The number of nitrogens with one attached hydrogen (secondary N) is 2. The topological polar surface area (TPSA) is 41.1 Å². The van der Waals surface area contributed by atoms with E-state index >= 15 is 0 Å².